The molecule has 2 heterocycles. The van der Waals surface area contributed by atoms with Gasteiger partial charge in [-0.25, -0.2) is 17.6 Å². The molecule has 7 nitrogen and oxygen atoms in total. The van der Waals surface area contributed by atoms with Gasteiger partial charge >= 0.3 is 12.1 Å². The highest BCUT2D eigenvalue weighted by atomic mass is 19.4. The summed E-state index contributed by atoms with van der Waals surface area (Å²) in [6.45, 7) is 10.8. The number of aryl methyl sites for hydroxylation is 3. The number of rotatable bonds is 12. The fraction of sp³-hybridized carbons (Fsp3) is 0.500. The Bertz CT molecular complexity index is 2100. The van der Waals surface area contributed by atoms with Crippen LogP contribution in [0.5, 0.6) is 0 Å². The number of carbonyl (C=O) groups is 2. The molecule has 302 valence electrons. The van der Waals surface area contributed by atoms with E-state index in [1.54, 1.807) is 44.7 Å². The van der Waals surface area contributed by atoms with E-state index in [9.17, 15) is 41.4 Å². The van der Waals surface area contributed by atoms with Crippen LogP contribution in [0.1, 0.15) is 110 Å². The summed E-state index contributed by atoms with van der Waals surface area (Å²) >= 11 is 0. The molecular weight excluding hydrogens is 743 g/mol. The normalized spacial score (nSPS) is 18.3. The summed E-state index contributed by atoms with van der Waals surface area (Å²) in [4.78, 5) is 41.8. The Morgan fingerprint density at radius 2 is 1.62 bits per heavy atom. The van der Waals surface area contributed by atoms with Crippen LogP contribution in [0.4, 0.5) is 30.7 Å². The molecule has 0 radical (unpaired) electrons. The van der Waals surface area contributed by atoms with Gasteiger partial charge in [-0.05, 0) is 100 Å². The molecule has 1 aliphatic heterocycles. The molecule has 5 rings (SSSR count). The van der Waals surface area contributed by atoms with E-state index in [0.29, 0.717) is 22.8 Å². The molecule has 3 aromatic rings. The predicted molar refractivity (Wildman–Crippen MR) is 197 cm³/mol. The number of aliphatic carboxylic acids is 1. The van der Waals surface area contributed by atoms with Crippen LogP contribution in [0.15, 0.2) is 35.3 Å². The standard InChI is InChI=1S/C42H46F7N3O4/c1-7-8-27-16-29(36-24(5)14-23(4)15-25(36)6)39(44)37(38(27)43)32(18-35(54)55)50-40(56)33(13-22(2)3)52-21-30(31(17-34(52)53)42(47,48)49)26-9-11-51(12-10-26)20-28-19-41(28,45)46/h14-17,21-22,26,28,32-33H,9-13,18-20H2,1-6H3,(H,50,56)(H,54,55)/t28-,32+,33+/m1/s1. The van der Waals surface area contributed by atoms with Crippen molar-refractivity contribution in [2.24, 2.45) is 11.8 Å². The lowest BCUT2D eigenvalue weighted by molar-refractivity contribution is -0.139. The predicted octanol–water partition coefficient (Wildman–Crippen LogP) is 8.86. The molecular formula is C42H46F7N3O4. The number of likely N-dealkylation sites (tertiary alicyclic amines) is 1. The summed E-state index contributed by atoms with van der Waals surface area (Å²) < 4.78 is 104. The third kappa shape index (κ3) is 9.31. The van der Waals surface area contributed by atoms with Crippen molar-refractivity contribution in [3.63, 3.8) is 0 Å². The zero-order valence-electron chi connectivity index (χ0n) is 32.1. The maximum atomic E-state index is 16.8. The van der Waals surface area contributed by atoms with Crippen molar-refractivity contribution in [3.8, 4) is 23.0 Å². The zero-order valence-corrected chi connectivity index (χ0v) is 32.1. The third-order valence-electron chi connectivity index (χ3n) is 10.7. The maximum absolute atomic E-state index is 16.8. The van der Waals surface area contributed by atoms with Crippen molar-refractivity contribution in [2.45, 2.75) is 104 Å². The van der Waals surface area contributed by atoms with E-state index < -0.39 is 82.6 Å². The lowest BCUT2D eigenvalue weighted by Crippen LogP contribution is -2.41. The van der Waals surface area contributed by atoms with Crippen molar-refractivity contribution >= 4 is 11.9 Å². The van der Waals surface area contributed by atoms with E-state index in [0.717, 1.165) is 16.3 Å². The van der Waals surface area contributed by atoms with E-state index in [4.69, 9.17) is 0 Å². The smallest absolute Gasteiger partial charge is 0.416 e. The maximum Gasteiger partial charge on any atom is 0.416 e. The largest absolute Gasteiger partial charge is 0.481 e. The first-order valence-corrected chi connectivity index (χ1v) is 18.6. The number of amides is 1. The molecule has 2 fully saturated rings. The number of carboxylic acid groups (broad SMARTS) is 1. The van der Waals surface area contributed by atoms with Gasteiger partial charge in [0.25, 0.3) is 11.5 Å². The molecule has 2 aromatic carbocycles. The Labute approximate surface area is 321 Å². The SMILES string of the molecule is CC#Cc1cc(-c2c(C)cc(C)cc2C)c(F)c([C@H](CC(=O)O)NC(=O)[C@H](CC(C)C)n2cc(C3CCN(C[C@H]4CC4(F)F)CC3)c(C(F)(F)F)cc2=O)c1F. The minimum absolute atomic E-state index is 0.0713. The van der Waals surface area contributed by atoms with Gasteiger partial charge in [0.2, 0.25) is 5.91 Å². The molecule has 2 aliphatic rings. The monoisotopic (exact) mass is 789 g/mol. The number of nitrogens with one attached hydrogen (secondary N) is 1. The topological polar surface area (TPSA) is 91.6 Å². The number of aromatic nitrogens is 1. The molecule has 1 saturated carbocycles. The van der Waals surface area contributed by atoms with Gasteiger partial charge < -0.3 is 19.9 Å². The van der Waals surface area contributed by atoms with Gasteiger partial charge in [-0.15, -0.1) is 5.92 Å². The average molecular weight is 790 g/mol. The number of carboxylic acids is 1. The second kappa shape index (κ2) is 16.5. The summed E-state index contributed by atoms with van der Waals surface area (Å²) in [5.74, 6) is -4.30. The van der Waals surface area contributed by atoms with Gasteiger partial charge in [0, 0.05) is 42.3 Å². The number of halogens is 7. The molecule has 1 saturated heterocycles. The van der Waals surface area contributed by atoms with Crippen LogP contribution in [0, 0.1) is 56.1 Å². The van der Waals surface area contributed by atoms with Gasteiger partial charge in [-0.1, -0.05) is 37.5 Å². The molecule has 56 heavy (non-hydrogen) atoms. The number of hydrogen-bond acceptors (Lipinski definition) is 4. The molecule has 1 amide bonds. The number of hydrogen-bond donors (Lipinski definition) is 2. The third-order valence-corrected chi connectivity index (χ3v) is 10.7. The summed E-state index contributed by atoms with van der Waals surface area (Å²) in [5.41, 5.74) is -1.05. The summed E-state index contributed by atoms with van der Waals surface area (Å²) in [5, 5.41) is 12.4. The van der Waals surface area contributed by atoms with Crippen LogP contribution in [-0.4, -0.2) is 52.0 Å². The number of piperidine rings is 1. The van der Waals surface area contributed by atoms with Crippen LogP contribution in [-0.2, 0) is 15.8 Å². The van der Waals surface area contributed by atoms with Crippen molar-refractivity contribution in [3.05, 3.63) is 91.4 Å². The van der Waals surface area contributed by atoms with Crippen LogP contribution in [0.2, 0.25) is 0 Å². The van der Waals surface area contributed by atoms with Crippen LogP contribution in [0.25, 0.3) is 11.1 Å². The van der Waals surface area contributed by atoms with Crippen molar-refractivity contribution in [1.82, 2.24) is 14.8 Å². The number of alkyl halides is 5. The molecule has 0 unspecified atom stereocenters. The highest BCUT2D eigenvalue weighted by molar-refractivity contribution is 5.82. The summed E-state index contributed by atoms with van der Waals surface area (Å²) in [7, 11) is 0. The Kier molecular flexibility index (Phi) is 12.5. The number of carbonyl (C=O) groups excluding carboxylic acids is 1. The second-order valence-electron chi connectivity index (χ2n) is 15.6. The van der Waals surface area contributed by atoms with Crippen molar-refractivity contribution in [2.75, 3.05) is 19.6 Å². The number of pyridine rings is 1. The molecule has 1 aliphatic carbocycles. The highest BCUT2D eigenvalue weighted by Gasteiger charge is 2.57. The molecule has 1 aromatic heterocycles. The molecule has 0 bridgehead atoms. The fourth-order valence-electron chi connectivity index (χ4n) is 8.02. The van der Waals surface area contributed by atoms with E-state index in [2.05, 4.69) is 17.2 Å². The van der Waals surface area contributed by atoms with E-state index >= 15 is 8.78 Å². The van der Waals surface area contributed by atoms with Crippen molar-refractivity contribution < 1.29 is 45.4 Å². The summed E-state index contributed by atoms with van der Waals surface area (Å²) in [6, 6.07) is 1.92. The van der Waals surface area contributed by atoms with Crippen LogP contribution >= 0.6 is 0 Å². The molecule has 14 heteroatoms. The quantitative estimate of drug-likeness (QED) is 0.141. The molecule has 0 spiro atoms. The fourth-order valence-corrected chi connectivity index (χ4v) is 8.02. The van der Waals surface area contributed by atoms with Gasteiger partial charge in [0.1, 0.15) is 17.7 Å². The Morgan fingerprint density at radius 1 is 1.02 bits per heavy atom. The molecule has 3 atom stereocenters. The van der Waals surface area contributed by atoms with E-state index in [1.807, 2.05) is 6.92 Å². The van der Waals surface area contributed by atoms with Gasteiger partial charge in [0.15, 0.2) is 0 Å². The minimum Gasteiger partial charge on any atom is -0.481 e. The first-order valence-electron chi connectivity index (χ1n) is 18.6. The second-order valence-corrected chi connectivity index (χ2v) is 15.6. The van der Waals surface area contributed by atoms with Crippen LogP contribution in [0.3, 0.4) is 0 Å². The van der Waals surface area contributed by atoms with E-state index in [1.165, 1.54) is 13.0 Å². The van der Waals surface area contributed by atoms with E-state index in [-0.39, 0.29) is 67.9 Å². The first kappa shape index (κ1) is 42.5. The Balaban J connectivity index is 1.57. The van der Waals surface area contributed by atoms with Gasteiger partial charge in [-0.3, -0.25) is 14.4 Å². The number of nitrogens with zero attached hydrogens (tertiary/aromatic N) is 2. The zero-order chi connectivity index (χ0) is 41.4. The average Bonchev–Trinajstić information content (AvgIpc) is 3.69. The Hall–Kier alpha value is -4.64. The minimum atomic E-state index is -4.93. The van der Waals surface area contributed by atoms with Crippen molar-refractivity contribution in [1.29, 1.82) is 0 Å². The lowest BCUT2D eigenvalue weighted by Gasteiger charge is -2.34. The summed E-state index contributed by atoms with van der Waals surface area (Å²) in [6.07, 6.45) is -4.90. The first-order chi connectivity index (χ1) is 26.1. The van der Waals surface area contributed by atoms with Gasteiger partial charge in [-0.2, -0.15) is 13.2 Å². The highest BCUT2D eigenvalue weighted by Crippen LogP contribution is 2.49. The van der Waals surface area contributed by atoms with Crippen LogP contribution < -0.4 is 10.9 Å². The Morgan fingerprint density at radius 3 is 2.14 bits per heavy atom. The van der Waals surface area contributed by atoms with Gasteiger partial charge in [0.05, 0.1) is 23.6 Å². The lowest BCUT2D eigenvalue weighted by atomic mass is 9.87. The molecule has 2 N–H and O–H groups in total. The number of benzene rings is 2.